The van der Waals surface area contributed by atoms with Crippen molar-refractivity contribution >= 4 is 28.5 Å². The van der Waals surface area contributed by atoms with Gasteiger partial charge in [0.15, 0.2) is 0 Å². The van der Waals surface area contributed by atoms with E-state index in [4.69, 9.17) is 15.2 Å². The van der Waals surface area contributed by atoms with Crippen molar-refractivity contribution in [2.75, 3.05) is 0 Å². The Balaban J connectivity index is 1.42. The Morgan fingerprint density at radius 3 is 2.24 bits per heavy atom. The maximum absolute atomic E-state index is 5.23. The molecule has 0 saturated heterocycles. The average Bonchev–Trinajstić information content (AvgIpc) is 3.43. The summed E-state index contributed by atoms with van der Waals surface area (Å²) in [4.78, 5) is 7.43. The van der Waals surface area contributed by atoms with Gasteiger partial charge in [-0.3, -0.25) is 4.90 Å². The molecule has 2 aliphatic rings. The molecule has 0 spiro atoms. The van der Waals surface area contributed by atoms with Gasteiger partial charge >= 0.3 is 5.95 Å². The van der Waals surface area contributed by atoms with Gasteiger partial charge in [0.2, 0.25) is 12.0 Å². The van der Waals surface area contributed by atoms with E-state index in [0.717, 1.165) is 29.1 Å². The van der Waals surface area contributed by atoms with Crippen LogP contribution in [0.5, 0.6) is 0 Å². The molecule has 3 heterocycles. The van der Waals surface area contributed by atoms with E-state index in [9.17, 15) is 0 Å². The van der Waals surface area contributed by atoms with Crippen LogP contribution in [0.4, 0.5) is 5.95 Å². The molecule has 1 aromatic heterocycles. The van der Waals surface area contributed by atoms with Gasteiger partial charge in [-0.1, -0.05) is 113 Å². The first-order valence-electron chi connectivity index (χ1n) is 12.9. The lowest BCUT2D eigenvalue weighted by atomic mass is 10.0. The fraction of sp³-hybridized carbons (Fsp3) is 0.161. The van der Waals surface area contributed by atoms with Gasteiger partial charge < -0.3 is 0 Å². The topological polar surface area (TPSA) is 52.9 Å². The molecule has 1 unspecified atom stereocenters. The van der Waals surface area contributed by atoms with Crippen molar-refractivity contribution in [1.82, 2.24) is 19.7 Å². The first-order chi connectivity index (χ1) is 18.7. The Labute approximate surface area is 221 Å². The third-order valence-electron chi connectivity index (χ3n) is 7.31. The zero-order chi connectivity index (χ0) is 25.6. The van der Waals surface area contributed by atoms with E-state index in [1.807, 2.05) is 21.8 Å². The first-order valence-corrected chi connectivity index (χ1v) is 12.9. The number of benzene rings is 4. The molecule has 186 valence electrons. The van der Waals surface area contributed by atoms with Gasteiger partial charge in [-0.25, -0.2) is 4.57 Å². The molecule has 0 bridgehead atoms. The average molecular weight is 499 g/mol. The van der Waals surface area contributed by atoms with Crippen molar-refractivity contribution in [3.8, 4) is 0 Å². The van der Waals surface area contributed by atoms with Crippen molar-refractivity contribution in [2.24, 2.45) is 10.1 Å². The monoisotopic (exact) mass is 498 g/mol. The van der Waals surface area contributed by atoms with Gasteiger partial charge in [0.05, 0.1) is 13.1 Å². The second kappa shape index (κ2) is 8.95. The zero-order valence-electron chi connectivity index (χ0n) is 21.4. The number of fused-ring (bicyclic) bond motifs is 3. The Hall–Kier alpha value is -4.78. The Morgan fingerprint density at radius 2 is 1.45 bits per heavy atom. The normalized spacial score (nSPS) is 16.3. The van der Waals surface area contributed by atoms with Crippen LogP contribution in [-0.2, 0) is 13.1 Å². The summed E-state index contributed by atoms with van der Waals surface area (Å²) in [6.45, 7) is 5.49. The van der Waals surface area contributed by atoms with Crippen molar-refractivity contribution in [2.45, 2.75) is 33.1 Å². The number of hydrogen-bond acceptors (Lipinski definition) is 5. The highest BCUT2D eigenvalue weighted by molar-refractivity contribution is 6.04. The molecule has 4 aromatic carbocycles. The van der Waals surface area contributed by atoms with Crippen LogP contribution in [0.2, 0.25) is 0 Å². The standard InChI is InChI=1S/C31H28N7/c1-22-33-37-29(28-19-11-17-26-16-9-10-18-27(26)28)38-31(32-30(37)35(22)20-24-12-5-3-6-13-24)36(23(2)34-38)21-25-14-7-4-8-15-25/h3-19,29H,20-21H2,1-2H3/q+1. The van der Waals surface area contributed by atoms with E-state index >= 15 is 0 Å². The molecule has 5 aromatic rings. The van der Waals surface area contributed by atoms with Gasteiger partial charge in [0.25, 0.3) is 5.96 Å². The SMILES string of the molecule is CC1=NN2C(=Nc3n(nc(C)[n+]3Cc3ccccc3)C2c2cccc3ccccc23)N1Cc1ccccc1. The first kappa shape index (κ1) is 22.4. The highest BCUT2D eigenvalue weighted by Gasteiger charge is 2.47. The maximum atomic E-state index is 5.23. The molecule has 0 amide bonds. The summed E-state index contributed by atoms with van der Waals surface area (Å²) in [6.07, 6.45) is -0.268. The van der Waals surface area contributed by atoms with Crippen molar-refractivity contribution in [3.05, 3.63) is 126 Å². The summed E-state index contributed by atoms with van der Waals surface area (Å²) in [5, 5.41) is 14.5. The van der Waals surface area contributed by atoms with E-state index in [1.54, 1.807) is 0 Å². The molecular formula is C31H28N7+. The molecule has 0 radical (unpaired) electrons. The number of nitrogens with zero attached hydrogens (tertiary/aromatic N) is 7. The van der Waals surface area contributed by atoms with Crippen molar-refractivity contribution in [3.63, 3.8) is 0 Å². The number of aromatic nitrogens is 3. The molecule has 7 heteroatoms. The number of rotatable bonds is 5. The third-order valence-corrected chi connectivity index (χ3v) is 7.31. The number of aryl methyl sites for hydroxylation is 1. The molecule has 0 aliphatic carbocycles. The highest BCUT2D eigenvalue weighted by atomic mass is 15.7. The van der Waals surface area contributed by atoms with Crippen molar-refractivity contribution < 1.29 is 4.57 Å². The van der Waals surface area contributed by atoms with E-state index in [2.05, 4.69) is 114 Å². The maximum Gasteiger partial charge on any atom is 0.388 e. The number of hydrogen-bond donors (Lipinski definition) is 0. The number of aliphatic imine (C=N–C) groups is 1. The minimum Gasteiger partial charge on any atom is -0.282 e. The lowest BCUT2D eigenvalue weighted by Crippen LogP contribution is -2.45. The fourth-order valence-corrected chi connectivity index (χ4v) is 5.43. The summed E-state index contributed by atoms with van der Waals surface area (Å²) >= 11 is 0. The van der Waals surface area contributed by atoms with E-state index < -0.39 is 0 Å². The van der Waals surface area contributed by atoms with Crippen LogP contribution in [-0.4, -0.2) is 31.5 Å². The summed E-state index contributed by atoms with van der Waals surface area (Å²) in [7, 11) is 0. The molecule has 0 fully saturated rings. The highest BCUT2D eigenvalue weighted by Crippen LogP contribution is 2.38. The van der Waals surface area contributed by atoms with Crippen LogP contribution >= 0.6 is 0 Å². The van der Waals surface area contributed by atoms with Crippen LogP contribution in [0.3, 0.4) is 0 Å². The third kappa shape index (κ3) is 3.66. The molecule has 7 nitrogen and oxygen atoms in total. The number of hydrazone groups is 1. The van der Waals surface area contributed by atoms with Gasteiger partial charge in [-0.15, -0.1) is 0 Å². The molecular weight excluding hydrogens is 470 g/mol. The minimum atomic E-state index is -0.268. The zero-order valence-corrected chi connectivity index (χ0v) is 21.4. The van der Waals surface area contributed by atoms with Crippen LogP contribution in [0, 0.1) is 6.92 Å². The van der Waals surface area contributed by atoms with Crippen LogP contribution in [0.15, 0.2) is 113 Å². The fourth-order valence-electron chi connectivity index (χ4n) is 5.43. The van der Waals surface area contributed by atoms with E-state index in [0.29, 0.717) is 13.1 Å². The quantitative estimate of drug-likeness (QED) is 0.306. The van der Waals surface area contributed by atoms with Gasteiger partial charge in [-0.05, 0) is 33.9 Å². The summed E-state index contributed by atoms with van der Waals surface area (Å²) in [5.74, 6) is 3.46. The lowest BCUT2D eigenvalue weighted by molar-refractivity contribution is -0.682. The molecule has 0 saturated carbocycles. The predicted molar refractivity (Wildman–Crippen MR) is 149 cm³/mol. The number of amidine groups is 1. The van der Waals surface area contributed by atoms with Crippen LogP contribution in [0.1, 0.15) is 35.6 Å². The van der Waals surface area contributed by atoms with Crippen LogP contribution in [0.25, 0.3) is 10.8 Å². The molecule has 7 rings (SSSR count). The Bertz CT molecular complexity index is 1700. The van der Waals surface area contributed by atoms with Crippen molar-refractivity contribution in [1.29, 1.82) is 0 Å². The summed E-state index contributed by atoms with van der Waals surface area (Å²) in [6, 6.07) is 35.9. The molecule has 0 N–H and O–H groups in total. The second-order valence-corrected chi connectivity index (χ2v) is 9.78. The van der Waals surface area contributed by atoms with Gasteiger partial charge in [0, 0.05) is 12.5 Å². The molecule has 38 heavy (non-hydrogen) atoms. The Morgan fingerprint density at radius 1 is 0.763 bits per heavy atom. The van der Waals surface area contributed by atoms with Crippen LogP contribution < -0.4 is 4.57 Å². The number of guanidine groups is 1. The molecule has 1 atom stereocenters. The largest absolute Gasteiger partial charge is 0.388 e. The Kier molecular flexibility index (Phi) is 5.28. The van der Waals surface area contributed by atoms with Gasteiger partial charge in [-0.2, -0.15) is 10.1 Å². The van der Waals surface area contributed by atoms with Gasteiger partial charge in [0.1, 0.15) is 5.84 Å². The second-order valence-electron chi connectivity index (χ2n) is 9.78. The predicted octanol–water partition coefficient (Wildman–Crippen LogP) is 5.38. The minimum absolute atomic E-state index is 0.268. The smallest absolute Gasteiger partial charge is 0.282 e. The summed E-state index contributed by atoms with van der Waals surface area (Å²) in [5.41, 5.74) is 3.56. The lowest BCUT2D eigenvalue weighted by Gasteiger charge is -2.28. The van der Waals surface area contributed by atoms with E-state index in [-0.39, 0.29) is 6.17 Å². The van der Waals surface area contributed by atoms with E-state index in [1.165, 1.54) is 21.9 Å². The summed E-state index contributed by atoms with van der Waals surface area (Å²) < 4.78 is 4.23. The molecule has 2 aliphatic heterocycles.